The van der Waals surface area contributed by atoms with Gasteiger partial charge in [-0.3, -0.25) is 13.7 Å². The van der Waals surface area contributed by atoms with E-state index in [0.29, 0.717) is 28.3 Å². The third kappa shape index (κ3) is 7.34. The Morgan fingerprint density at radius 1 is 0.562 bits per heavy atom. The van der Waals surface area contributed by atoms with Gasteiger partial charge in [0.25, 0.3) is 30.4 Å². The molecule has 0 aliphatic heterocycles. The summed E-state index contributed by atoms with van der Waals surface area (Å²) in [4.78, 5) is -1.21. The van der Waals surface area contributed by atoms with Gasteiger partial charge in [-0.15, -0.1) is 0 Å². The molecule has 0 radical (unpaired) electrons. The molecule has 0 bridgehead atoms. The lowest BCUT2D eigenvalue weighted by molar-refractivity contribution is 0.122. The third-order valence-corrected chi connectivity index (χ3v) is 10.1. The van der Waals surface area contributed by atoms with Crippen LogP contribution in [0.4, 0.5) is 28.4 Å². The molecule has 5 rings (SSSR count). The lowest BCUT2D eigenvalue weighted by atomic mass is 9.79. The molecule has 0 heterocycles. The molecule has 0 amide bonds. The van der Waals surface area contributed by atoms with Crippen LogP contribution in [-0.4, -0.2) is 44.0 Å². The Morgan fingerprint density at radius 3 is 1.48 bits per heavy atom. The average Bonchev–Trinajstić information content (AvgIpc) is 3.01. The van der Waals surface area contributed by atoms with Gasteiger partial charge in [0.2, 0.25) is 0 Å². The Labute approximate surface area is 277 Å². The predicted octanol–water partition coefficient (Wildman–Crippen LogP) is 5.09. The lowest BCUT2D eigenvalue weighted by Gasteiger charge is -2.32. The molecule has 16 heteroatoms. The van der Waals surface area contributed by atoms with Gasteiger partial charge < -0.3 is 21.5 Å². The number of nitrogens with one attached hydrogen (secondary N) is 2. The van der Waals surface area contributed by atoms with Crippen LogP contribution in [0, 0.1) is 6.92 Å². The minimum Gasteiger partial charge on any atom is -0.398 e. The van der Waals surface area contributed by atoms with Crippen LogP contribution in [0.5, 0.6) is 0 Å². The summed E-state index contributed by atoms with van der Waals surface area (Å²) < 4.78 is 99.8. The predicted molar refractivity (Wildman–Crippen MR) is 179 cm³/mol. The number of hydrogen-bond acceptors (Lipinski definition) is 10. The normalized spacial score (nSPS) is 13.4. The zero-order valence-corrected chi connectivity index (χ0v) is 27.4. The van der Waals surface area contributed by atoms with E-state index in [1.165, 1.54) is 72.8 Å². The van der Waals surface area contributed by atoms with Crippen LogP contribution in [0.1, 0.15) is 22.3 Å². The van der Waals surface area contributed by atoms with E-state index in [1.54, 1.807) is 37.3 Å². The van der Waals surface area contributed by atoms with Gasteiger partial charge in [0.15, 0.2) is 0 Å². The molecule has 8 N–H and O–H groups in total. The van der Waals surface area contributed by atoms with E-state index in [1.807, 2.05) is 0 Å². The Hall–Kier alpha value is -4.81. The number of anilines is 5. The zero-order valence-electron chi connectivity index (χ0n) is 24.9. The molecule has 0 aliphatic carbocycles. The second-order valence-electron chi connectivity index (χ2n) is 10.8. The Morgan fingerprint density at radius 2 is 1.02 bits per heavy atom. The van der Waals surface area contributed by atoms with Crippen LogP contribution < -0.4 is 16.4 Å². The fraction of sp³-hybridized carbons (Fsp3) is 0.0625. The van der Waals surface area contributed by atoms with Gasteiger partial charge in [-0.05, 0) is 102 Å². The monoisotopic (exact) mass is 711 g/mol. The largest absolute Gasteiger partial charge is 0.398 e. The van der Waals surface area contributed by atoms with Crippen molar-refractivity contribution >= 4 is 58.8 Å². The molecule has 0 aromatic heterocycles. The summed E-state index contributed by atoms with van der Waals surface area (Å²) in [6.07, 6.45) is 0. The first kappa shape index (κ1) is 34.5. The van der Waals surface area contributed by atoms with Crippen molar-refractivity contribution in [2.45, 2.75) is 27.2 Å². The summed E-state index contributed by atoms with van der Waals surface area (Å²) in [5.74, 6) is 0. The molecule has 5 aromatic carbocycles. The highest BCUT2D eigenvalue weighted by Gasteiger charge is 2.39. The molecule has 13 nitrogen and oxygen atoms in total. The summed E-state index contributed by atoms with van der Waals surface area (Å²) >= 11 is 0. The summed E-state index contributed by atoms with van der Waals surface area (Å²) in [7, 11) is -13.7. The highest BCUT2D eigenvalue weighted by atomic mass is 32.2. The van der Waals surface area contributed by atoms with Crippen molar-refractivity contribution in [1.29, 1.82) is 0 Å². The molecule has 1 atom stereocenters. The first-order chi connectivity index (χ1) is 22.4. The smallest absolute Gasteiger partial charge is 0.295 e. The quantitative estimate of drug-likeness (QED) is 0.0569. The second-order valence-corrected chi connectivity index (χ2v) is 15.0. The van der Waals surface area contributed by atoms with Crippen molar-refractivity contribution in [3.63, 3.8) is 0 Å². The highest BCUT2D eigenvalue weighted by Crippen LogP contribution is 2.42. The second kappa shape index (κ2) is 12.7. The lowest BCUT2D eigenvalue weighted by Crippen LogP contribution is -2.31. The molecule has 250 valence electrons. The number of nitrogens with two attached hydrogens (primary N) is 1. The summed E-state index contributed by atoms with van der Waals surface area (Å²) in [5.41, 5.74) is 6.31. The molecule has 0 saturated heterocycles. The van der Waals surface area contributed by atoms with Crippen molar-refractivity contribution in [3.8, 4) is 0 Å². The van der Waals surface area contributed by atoms with Crippen LogP contribution >= 0.6 is 0 Å². The van der Waals surface area contributed by atoms with Gasteiger partial charge in [0.1, 0.15) is 10.5 Å². The van der Waals surface area contributed by atoms with Crippen molar-refractivity contribution in [2.24, 2.45) is 0 Å². The van der Waals surface area contributed by atoms with E-state index in [0.717, 1.165) is 6.07 Å². The van der Waals surface area contributed by atoms with Crippen molar-refractivity contribution in [1.82, 2.24) is 0 Å². The van der Waals surface area contributed by atoms with E-state index in [2.05, 4.69) is 10.6 Å². The van der Waals surface area contributed by atoms with Crippen LogP contribution in [-0.2, 0) is 36.0 Å². The van der Waals surface area contributed by atoms with E-state index in [9.17, 15) is 44.0 Å². The van der Waals surface area contributed by atoms with Gasteiger partial charge in [0, 0.05) is 34.0 Å². The van der Waals surface area contributed by atoms with Gasteiger partial charge in [-0.2, -0.15) is 25.3 Å². The number of hydrogen-bond donors (Lipinski definition) is 7. The fourth-order valence-corrected chi connectivity index (χ4v) is 6.81. The summed E-state index contributed by atoms with van der Waals surface area (Å²) in [6, 6.07) is 25.6. The SMILES string of the molecule is Cc1cc(C(O)(c2ccc(Nc3ccc(S(=O)(=O)O)cc3)cc2)c2ccc(Nc3cccc(S(=O)(=O)O)c3)cc2)c(S(=O)(=O)O)cc1N. The van der Waals surface area contributed by atoms with E-state index < -0.39 is 40.9 Å². The van der Waals surface area contributed by atoms with Crippen LogP contribution in [0.2, 0.25) is 0 Å². The van der Waals surface area contributed by atoms with E-state index >= 15 is 0 Å². The summed E-state index contributed by atoms with van der Waals surface area (Å²) in [6.45, 7) is 1.61. The van der Waals surface area contributed by atoms with Crippen molar-refractivity contribution < 1.29 is 44.0 Å². The standard InChI is InChI=1S/C32H29N3O10S3/c1-20-17-29(31(19-30(20)33)48(43,44)45)32(36,21-5-9-23(10-6-21)34-25-13-15-27(16-14-25)46(37,38)39)22-7-11-24(12-8-22)35-26-3-2-4-28(18-26)47(40,41)42/h2-19,34-36H,33H2,1H3,(H,37,38,39)(H,40,41,42)(H,43,44,45). The van der Waals surface area contributed by atoms with Gasteiger partial charge in [-0.25, -0.2) is 0 Å². The molecule has 1 unspecified atom stereocenters. The Bertz CT molecular complexity index is 2330. The van der Waals surface area contributed by atoms with Crippen LogP contribution in [0.25, 0.3) is 0 Å². The van der Waals surface area contributed by atoms with E-state index in [-0.39, 0.29) is 32.2 Å². The average molecular weight is 712 g/mol. The maximum absolute atomic E-state index is 12.6. The molecule has 0 aliphatic rings. The van der Waals surface area contributed by atoms with Crippen molar-refractivity contribution in [3.05, 3.63) is 131 Å². The highest BCUT2D eigenvalue weighted by molar-refractivity contribution is 7.86. The van der Waals surface area contributed by atoms with E-state index in [4.69, 9.17) is 5.73 Å². The first-order valence-corrected chi connectivity index (χ1v) is 18.2. The molecular weight excluding hydrogens is 683 g/mol. The summed E-state index contributed by atoms with van der Waals surface area (Å²) in [5, 5.41) is 18.6. The molecular formula is C32H29N3O10S3. The minimum atomic E-state index is -4.89. The minimum absolute atomic E-state index is 0.0694. The van der Waals surface area contributed by atoms with Crippen LogP contribution in [0.3, 0.4) is 0 Å². The number of rotatable bonds is 10. The van der Waals surface area contributed by atoms with Crippen LogP contribution in [0.15, 0.2) is 124 Å². The third-order valence-electron chi connectivity index (χ3n) is 7.50. The molecule has 0 saturated carbocycles. The molecule has 0 fully saturated rings. The molecule has 5 aromatic rings. The first-order valence-electron chi connectivity index (χ1n) is 13.9. The van der Waals surface area contributed by atoms with Gasteiger partial charge in [-0.1, -0.05) is 30.3 Å². The maximum Gasteiger partial charge on any atom is 0.295 e. The van der Waals surface area contributed by atoms with Crippen molar-refractivity contribution in [2.75, 3.05) is 16.4 Å². The maximum atomic E-state index is 12.6. The number of benzene rings is 5. The number of aliphatic hydroxyl groups is 1. The molecule has 0 spiro atoms. The molecule has 48 heavy (non-hydrogen) atoms. The number of nitrogen functional groups attached to an aromatic ring is 1. The number of aryl methyl sites for hydroxylation is 1. The van der Waals surface area contributed by atoms with Gasteiger partial charge >= 0.3 is 0 Å². The zero-order chi connectivity index (χ0) is 35.1. The Kier molecular flexibility index (Phi) is 9.11. The fourth-order valence-electron chi connectivity index (χ4n) is 5.05. The van der Waals surface area contributed by atoms with Gasteiger partial charge in [0.05, 0.1) is 9.79 Å². The Balaban J connectivity index is 1.57. The topological polar surface area (TPSA) is 233 Å².